The Balaban J connectivity index is 2.30. The van der Waals surface area contributed by atoms with Crippen molar-refractivity contribution in [2.24, 2.45) is 0 Å². The zero-order valence-electron chi connectivity index (χ0n) is 10.8. The van der Waals surface area contributed by atoms with Gasteiger partial charge in [0.05, 0.1) is 6.20 Å². The van der Waals surface area contributed by atoms with E-state index < -0.39 is 0 Å². The van der Waals surface area contributed by atoms with Crippen molar-refractivity contribution in [3.8, 4) is 0 Å². The van der Waals surface area contributed by atoms with Crippen LogP contribution >= 0.6 is 0 Å². The number of nitrogens with zero attached hydrogens (tertiary/aromatic N) is 4. The molecule has 0 aromatic carbocycles. The molecule has 0 atom stereocenters. The van der Waals surface area contributed by atoms with E-state index in [1.807, 2.05) is 26.2 Å². The molecule has 0 spiro atoms. The van der Waals surface area contributed by atoms with Gasteiger partial charge in [-0.1, -0.05) is 0 Å². The predicted molar refractivity (Wildman–Crippen MR) is 68.6 cm³/mol. The first-order valence-corrected chi connectivity index (χ1v) is 5.84. The van der Waals surface area contributed by atoms with Gasteiger partial charge in [-0.05, 0) is 20.0 Å². The minimum Gasteiger partial charge on any atom is -0.340 e. The Labute approximate surface area is 106 Å². The summed E-state index contributed by atoms with van der Waals surface area (Å²) in [6, 6.07) is 1.86. The van der Waals surface area contributed by atoms with Crippen LogP contribution in [0.15, 0.2) is 18.5 Å². The second kappa shape index (κ2) is 5.14. The number of hydrogen-bond acceptors (Lipinski definition) is 4. The smallest absolute Gasteiger partial charge is 0.259 e. The molecule has 2 heterocycles. The maximum absolute atomic E-state index is 12.2. The molecule has 6 nitrogen and oxygen atoms in total. The van der Waals surface area contributed by atoms with E-state index in [1.54, 1.807) is 22.7 Å². The number of amides is 1. The van der Waals surface area contributed by atoms with E-state index in [2.05, 4.69) is 15.4 Å². The molecule has 96 valence electrons. The Bertz CT molecular complexity index is 563. The van der Waals surface area contributed by atoms with Crippen molar-refractivity contribution in [1.29, 1.82) is 0 Å². The van der Waals surface area contributed by atoms with Crippen LogP contribution in [0.25, 0.3) is 5.65 Å². The molecule has 2 aromatic rings. The van der Waals surface area contributed by atoms with Crippen molar-refractivity contribution in [2.75, 3.05) is 27.2 Å². The Hall–Kier alpha value is -1.95. The molecule has 0 aliphatic heterocycles. The monoisotopic (exact) mass is 247 g/mol. The van der Waals surface area contributed by atoms with Gasteiger partial charge in [-0.3, -0.25) is 4.79 Å². The van der Waals surface area contributed by atoms with E-state index in [4.69, 9.17) is 0 Å². The standard InChI is InChI=1S/C12H17N5O/c1-9-4-6-17-11(15-9)10(8-14-17)12(18)16(3)7-5-13-2/h4,6,8,13H,5,7H2,1-3H3. The van der Waals surface area contributed by atoms with Gasteiger partial charge in [0.1, 0.15) is 5.56 Å². The number of hydrogen-bond donors (Lipinski definition) is 1. The lowest BCUT2D eigenvalue weighted by Crippen LogP contribution is -2.32. The first-order chi connectivity index (χ1) is 8.63. The van der Waals surface area contributed by atoms with Crippen LogP contribution in [0, 0.1) is 6.92 Å². The fourth-order valence-corrected chi connectivity index (χ4v) is 1.70. The van der Waals surface area contributed by atoms with Gasteiger partial charge in [-0.2, -0.15) is 5.10 Å². The van der Waals surface area contributed by atoms with Crippen LogP contribution in [0.5, 0.6) is 0 Å². The third kappa shape index (κ3) is 2.33. The summed E-state index contributed by atoms with van der Waals surface area (Å²) in [5.41, 5.74) is 2.02. The molecule has 0 fully saturated rings. The molecule has 0 saturated heterocycles. The third-order valence-corrected chi connectivity index (χ3v) is 2.78. The van der Waals surface area contributed by atoms with Gasteiger partial charge in [-0.25, -0.2) is 9.50 Å². The molecule has 0 saturated carbocycles. The normalized spacial score (nSPS) is 10.8. The summed E-state index contributed by atoms with van der Waals surface area (Å²) in [5, 5.41) is 7.15. The van der Waals surface area contributed by atoms with E-state index in [9.17, 15) is 4.79 Å². The summed E-state index contributed by atoms with van der Waals surface area (Å²) in [5.74, 6) is -0.0571. The highest BCUT2D eigenvalue weighted by Gasteiger charge is 2.17. The predicted octanol–water partition coefficient (Wildman–Crippen LogP) is 0.329. The minimum absolute atomic E-state index is 0.0571. The second-order valence-electron chi connectivity index (χ2n) is 4.23. The van der Waals surface area contributed by atoms with Gasteiger partial charge in [0.25, 0.3) is 5.91 Å². The highest BCUT2D eigenvalue weighted by atomic mass is 16.2. The van der Waals surface area contributed by atoms with Gasteiger partial charge >= 0.3 is 0 Å². The largest absolute Gasteiger partial charge is 0.340 e. The van der Waals surface area contributed by atoms with E-state index in [0.29, 0.717) is 17.8 Å². The van der Waals surface area contributed by atoms with Crippen molar-refractivity contribution < 1.29 is 4.79 Å². The minimum atomic E-state index is -0.0571. The summed E-state index contributed by atoms with van der Waals surface area (Å²) in [6.45, 7) is 3.30. The lowest BCUT2D eigenvalue weighted by molar-refractivity contribution is 0.0798. The molecule has 2 rings (SSSR count). The quantitative estimate of drug-likeness (QED) is 0.845. The average molecular weight is 247 g/mol. The Morgan fingerprint density at radius 3 is 3.06 bits per heavy atom. The molecule has 0 aliphatic rings. The van der Waals surface area contributed by atoms with Crippen LogP contribution in [0.4, 0.5) is 0 Å². The Kier molecular flexibility index (Phi) is 3.57. The average Bonchev–Trinajstić information content (AvgIpc) is 2.77. The Morgan fingerprint density at radius 2 is 2.33 bits per heavy atom. The first-order valence-electron chi connectivity index (χ1n) is 5.84. The van der Waals surface area contributed by atoms with Crippen LogP contribution in [0.2, 0.25) is 0 Å². The highest BCUT2D eigenvalue weighted by molar-refractivity contribution is 5.99. The molecule has 18 heavy (non-hydrogen) atoms. The van der Waals surface area contributed by atoms with Crippen molar-refractivity contribution in [3.05, 3.63) is 29.7 Å². The molecule has 6 heteroatoms. The van der Waals surface area contributed by atoms with Crippen LogP contribution in [0.1, 0.15) is 16.1 Å². The lowest BCUT2D eigenvalue weighted by atomic mass is 10.3. The molecule has 0 bridgehead atoms. The fourth-order valence-electron chi connectivity index (χ4n) is 1.70. The van der Waals surface area contributed by atoms with Gasteiger partial charge in [-0.15, -0.1) is 0 Å². The zero-order valence-corrected chi connectivity index (χ0v) is 10.8. The van der Waals surface area contributed by atoms with Gasteiger partial charge in [0.2, 0.25) is 0 Å². The number of fused-ring (bicyclic) bond motifs is 1. The number of aromatic nitrogens is 3. The highest BCUT2D eigenvalue weighted by Crippen LogP contribution is 2.10. The van der Waals surface area contributed by atoms with Crippen LogP contribution < -0.4 is 5.32 Å². The lowest BCUT2D eigenvalue weighted by Gasteiger charge is -2.15. The number of nitrogens with one attached hydrogen (secondary N) is 1. The van der Waals surface area contributed by atoms with Gasteiger partial charge < -0.3 is 10.2 Å². The topological polar surface area (TPSA) is 62.5 Å². The van der Waals surface area contributed by atoms with Crippen molar-refractivity contribution >= 4 is 11.6 Å². The van der Waals surface area contributed by atoms with Gasteiger partial charge in [0, 0.05) is 32.0 Å². The van der Waals surface area contributed by atoms with E-state index in [-0.39, 0.29) is 5.91 Å². The molecule has 0 radical (unpaired) electrons. The summed E-state index contributed by atoms with van der Waals surface area (Å²) < 4.78 is 1.62. The summed E-state index contributed by atoms with van der Waals surface area (Å²) in [7, 11) is 3.64. The summed E-state index contributed by atoms with van der Waals surface area (Å²) in [4.78, 5) is 18.3. The summed E-state index contributed by atoms with van der Waals surface area (Å²) in [6.07, 6.45) is 3.38. The number of aryl methyl sites for hydroxylation is 1. The van der Waals surface area contributed by atoms with Gasteiger partial charge in [0.15, 0.2) is 5.65 Å². The fraction of sp³-hybridized carbons (Fsp3) is 0.417. The second-order valence-corrected chi connectivity index (χ2v) is 4.23. The van der Waals surface area contributed by atoms with E-state index in [1.165, 1.54) is 0 Å². The maximum Gasteiger partial charge on any atom is 0.259 e. The summed E-state index contributed by atoms with van der Waals surface area (Å²) >= 11 is 0. The number of carbonyl (C=O) groups is 1. The van der Waals surface area contributed by atoms with E-state index in [0.717, 1.165) is 12.2 Å². The first kappa shape index (κ1) is 12.5. The van der Waals surface area contributed by atoms with Crippen LogP contribution in [-0.4, -0.2) is 52.6 Å². The molecular weight excluding hydrogens is 230 g/mol. The maximum atomic E-state index is 12.2. The molecule has 1 N–H and O–H groups in total. The molecule has 0 aliphatic carbocycles. The van der Waals surface area contributed by atoms with Crippen molar-refractivity contribution in [2.45, 2.75) is 6.92 Å². The zero-order chi connectivity index (χ0) is 13.1. The SMILES string of the molecule is CNCCN(C)C(=O)c1cnn2ccc(C)nc12. The van der Waals surface area contributed by atoms with Crippen molar-refractivity contribution in [3.63, 3.8) is 0 Å². The molecule has 0 unspecified atom stereocenters. The molecule has 2 aromatic heterocycles. The number of likely N-dealkylation sites (N-methyl/N-ethyl adjacent to an activating group) is 2. The van der Waals surface area contributed by atoms with Crippen LogP contribution in [-0.2, 0) is 0 Å². The third-order valence-electron chi connectivity index (χ3n) is 2.78. The van der Waals surface area contributed by atoms with Crippen LogP contribution in [0.3, 0.4) is 0 Å². The number of rotatable bonds is 4. The number of carbonyl (C=O) groups excluding carboxylic acids is 1. The molecular formula is C12H17N5O. The molecule has 1 amide bonds. The Morgan fingerprint density at radius 1 is 1.56 bits per heavy atom. The van der Waals surface area contributed by atoms with E-state index >= 15 is 0 Å². The van der Waals surface area contributed by atoms with Crippen molar-refractivity contribution in [1.82, 2.24) is 24.8 Å².